The Hall–Kier alpha value is -1.95. The second-order valence-corrected chi connectivity index (χ2v) is 6.37. The van der Waals surface area contributed by atoms with Crippen molar-refractivity contribution in [3.63, 3.8) is 0 Å². The summed E-state index contributed by atoms with van der Waals surface area (Å²) in [5.41, 5.74) is 8.47. The predicted molar refractivity (Wildman–Crippen MR) is 88.3 cm³/mol. The number of hydrogen-bond acceptors (Lipinski definition) is 5. The van der Waals surface area contributed by atoms with Gasteiger partial charge in [0.1, 0.15) is 0 Å². The molecule has 3 N–H and O–H groups in total. The van der Waals surface area contributed by atoms with Crippen molar-refractivity contribution in [2.45, 2.75) is 57.9 Å². The molecule has 0 aromatic carbocycles. The molecular weight excluding hydrogens is 292 g/mol. The minimum atomic E-state index is -0.114. The molecule has 2 aromatic rings. The highest BCUT2D eigenvalue weighted by atomic mass is 16.5. The summed E-state index contributed by atoms with van der Waals surface area (Å²) >= 11 is 0. The van der Waals surface area contributed by atoms with E-state index in [0.717, 1.165) is 37.8 Å². The lowest BCUT2D eigenvalue weighted by atomic mass is 10.1. The average molecular weight is 316 g/mol. The smallest absolute Gasteiger partial charge is 0.259 e. The molecule has 1 atom stereocenters. The van der Waals surface area contributed by atoms with Crippen molar-refractivity contribution in [3.05, 3.63) is 23.0 Å². The summed E-state index contributed by atoms with van der Waals surface area (Å²) in [7, 11) is 0. The molecule has 3 rings (SSSR count). The van der Waals surface area contributed by atoms with Crippen molar-refractivity contribution in [1.29, 1.82) is 0 Å². The van der Waals surface area contributed by atoms with Crippen LogP contribution in [0, 0.1) is 6.92 Å². The molecule has 2 heterocycles. The summed E-state index contributed by atoms with van der Waals surface area (Å²) in [4.78, 5) is 17.3. The lowest BCUT2D eigenvalue weighted by Crippen LogP contribution is -2.40. The Kier molecular flexibility index (Phi) is 4.61. The maximum atomic E-state index is 12.8. The van der Waals surface area contributed by atoms with E-state index < -0.39 is 0 Å². The Balaban J connectivity index is 1.90. The van der Waals surface area contributed by atoms with Crippen LogP contribution in [0.2, 0.25) is 0 Å². The van der Waals surface area contributed by atoms with Gasteiger partial charge in [-0.3, -0.25) is 4.79 Å². The van der Waals surface area contributed by atoms with E-state index in [4.69, 9.17) is 10.3 Å². The van der Waals surface area contributed by atoms with Crippen LogP contribution in [0.15, 0.2) is 10.6 Å². The van der Waals surface area contributed by atoms with Crippen LogP contribution in [0.25, 0.3) is 11.1 Å². The summed E-state index contributed by atoms with van der Waals surface area (Å²) in [6.07, 6.45) is 5.27. The topological polar surface area (TPSA) is 94.0 Å². The second kappa shape index (κ2) is 6.66. The normalized spacial score (nSPS) is 15.8. The zero-order chi connectivity index (χ0) is 16.4. The van der Waals surface area contributed by atoms with Gasteiger partial charge in [-0.25, -0.2) is 4.98 Å². The number of aryl methyl sites for hydroxylation is 1. The number of carbonyl (C=O) groups is 1. The lowest BCUT2D eigenvalue weighted by molar-refractivity contribution is 0.0937. The molecule has 1 aliphatic rings. The molecule has 1 fully saturated rings. The zero-order valence-electron chi connectivity index (χ0n) is 13.8. The van der Waals surface area contributed by atoms with E-state index in [1.165, 1.54) is 0 Å². The fraction of sp³-hybridized carbons (Fsp3) is 0.588. The largest absolute Gasteiger partial charge is 0.348 e. The SMILES string of the molecule is CCCCC(CN)NC(=O)c1cc(C2CC2)nc2onc(C)c12. The standard InChI is InChI=1S/C17H24N4O2/c1-3-4-5-12(9-18)19-16(22)13-8-14(11-6-7-11)20-17-15(13)10(2)21-23-17/h8,11-12H,3-7,9,18H2,1-2H3,(H,19,22). The maximum absolute atomic E-state index is 12.8. The molecule has 0 radical (unpaired) electrons. The van der Waals surface area contributed by atoms with Gasteiger partial charge in [0.25, 0.3) is 11.6 Å². The van der Waals surface area contributed by atoms with Gasteiger partial charge in [-0.1, -0.05) is 24.9 Å². The van der Waals surface area contributed by atoms with E-state index in [1.807, 2.05) is 13.0 Å². The van der Waals surface area contributed by atoms with Crippen LogP contribution >= 0.6 is 0 Å². The predicted octanol–water partition coefficient (Wildman–Crippen LogP) is 2.66. The number of hydrogen-bond donors (Lipinski definition) is 2. The quantitative estimate of drug-likeness (QED) is 0.819. The average Bonchev–Trinajstić information content (AvgIpc) is 3.34. The first-order valence-corrected chi connectivity index (χ1v) is 8.41. The Morgan fingerprint density at radius 2 is 2.30 bits per heavy atom. The molecule has 1 amide bonds. The molecule has 2 aromatic heterocycles. The summed E-state index contributed by atoms with van der Waals surface area (Å²) < 4.78 is 5.29. The van der Waals surface area contributed by atoms with Crippen molar-refractivity contribution in [3.8, 4) is 0 Å². The third-order valence-corrected chi connectivity index (χ3v) is 4.40. The number of nitrogens with one attached hydrogen (secondary N) is 1. The number of unbranched alkanes of at least 4 members (excludes halogenated alkanes) is 1. The summed E-state index contributed by atoms with van der Waals surface area (Å²) in [5, 5.41) is 7.73. The third-order valence-electron chi connectivity index (χ3n) is 4.40. The number of nitrogens with two attached hydrogens (primary N) is 1. The van der Waals surface area contributed by atoms with Crippen LogP contribution in [-0.2, 0) is 0 Å². The van der Waals surface area contributed by atoms with Crippen molar-refractivity contribution >= 4 is 17.0 Å². The molecule has 124 valence electrons. The molecule has 0 bridgehead atoms. The highest BCUT2D eigenvalue weighted by Gasteiger charge is 2.29. The van der Waals surface area contributed by atoms with Gasteiger partial charge in [-0.05, 0) is 32.3 Å². The number of rotatable bonds is 7. The van der Waals surface area contributed by atoms with Gasteiger partial charge in [0.05, 0.1) is 16.6 Å². The van der Waals surface area contributed by atoms with Crippen molar-refractivity contribution in [1.82, 2.24) is 15.5 Å². The van der Waals surface area contributed by atoms with E-state index in [9.17, 15) is 4.79 Å². The molecule has 0 aliphatic heterocycles. The van der Waals surface area contributed by atoms with Crippen LogP contribution in [0.4, 0.5) is 0 Å². The fourth-order valence-corrected chi connectivity index (χ4v) is 2.84. The van der Waals surface area contributed by atoms with Gasteiger partial charge >= 0.3 is 0 Å². The number of fused-ring (bicyclic) bond motifs is 1. The van der Waals surface area contributed by atoms with Gasteiger partial charge in [0.2, 0.25) is 0 Å². The number of carbonyl (C=O) groups excluding carboxylic acids is 1. The first kappa shape index (κ1) is 15.9. The lowest BCUT2D eigenvalue weighted by Gasteiger charge is -2.17. The number of amides is 1. The fourth-order valence-electron chi connectivity index (χ4n) is 2.84. The molecule has 6 nitrogen and oxygen atoms in total. The van der Waals surface area contributed by atoms with E-state index >= 15 is 0 Å². The van der Waals surface area contributed by atoms with Crippen LogP contribution in [0.3, 0.4) is 0 Å². The van der Waals surface area contributed by atoms with Crippen LogP contribution in [0.1, 0.15) is 66.7 Å². The molecule has 23 heavy (non-hydrogen) atoms. The highest BCUT2D eigenvalue weighted by Crippen LogP contribution is 2.40. The van der Waals surface area contributed by atoms with Gasteiger partial charge in [-0.2, -0.15) is 0 Å². The Labute approximate surface area is 135 Å². The molecule has 1 saturated carbocycles. The van der Waals surface area contributed by atoms with E-state index in [0.29, 0.717) is 34.8 Å². The Bertz CT molecular complexity index is 706. The minimum Gasteiger partial charge on any atom is -0.348 e. The Morgan fingerprint density at radius 3 is 2.96 bits per heavy atom. The first-order valence-electron chi connectivity index (χ1n) is 8.41. The number of nitrogens with zero attached hydrogens (tertiary/aromatic N) is 2. The Morgan fingerprint density at radius 1 is 1.52 bits per heavy atom. The van der Waals surface area contributed by atoms with Crippen LogP contribution in [0.5, 0.6) is 0 Å². The number of aromatic nitrogens is 2. The first-order chi connectivity index (χ1) is 11.1. The number of pyridine rings is 1. The van der Waals surface area contributed by atoms with Crippen molar-refractivity contribution in [2.24, 2.45) is 5.73 Å². The summed E-state index contributed by atoms with van der Waals surface area (Å²) in [5.74, 6) is 0.332. The van der Waals surface area contributed by atoms with Gasteiger partial charge in [-0.15, -0.1) is 0 Å². The van der Waals surface area contributed by atoms with Crippen molar-refractivity contribution in [2.75, 3.05) is 6.54 Å². The van der Waals surface area contributed by atoms with Crippen LogP contribution < -0.4 is 11.1 Å². The molecule has 6 heteroatoms. The van der Waals surface area contributed by atoms with E-state index in [2.05, 4.69) is 22.4 Å². The minimum absolute atomic E-state index is 0.00444. The molecule has 1 aliphatic carbocycles. The third kappa shape index (κ3) is 3.37. The van der Waals surface area contributed by atoms with Gasteiger partial charge in [0, 0.05) is 24.2 Å². The molecule has 0 saturated heterocycles. The van der Waals surface area contributed by atoms with Gasteiger partial charge in [0.15, 0.2) is 0 Å². The summed E-state index contributed by atoms with van der Waals surface area (Å²) in [6.45, 7) is 4.40. The second-order valence-electron chi connectivity index (χ2n) is 6.37. The maximum Gasteiger partial charge on any atom is 0.259 e. The zero-order valence-corrected chi connectivity index (χ0v) is 13.8. The monoisotopic (exact) mass is 316 g/mol. The highest BCUT2D eigenvalue weighted by molar-refractivity contribution is 6.06. The molecular formula is C17H24N4O2. The van der Waals surface area contributed by atoms with E-state index in [-0.39, 0.29) is 11.9 Å². The molecule has 0 spiro atoms. The van der Waals surface area contributed by atoms with Crippen LogP contribution in [-0.4, -0.2) is 28.6 Å². The van der Waals surface area contributed by atoms with Gasteiger partial charge < -0.3 is 15.6 Å². The summed E-state index contributed by atoms with van der Waals surface area (Å²) in [6, 6.07) is 1.89. The van der Waals surface area contributed by atoms with Crippen molar-refractivity contribution < 1.29 is 9.32 Å². The van der Waals surface area contributed by atoms with E-state index in [1.54, 1.807) is 0 Å². The molecule has 1 unspecified atom stereocenters.